The average Bonchev–Trinajstić information content (AvgIpc) is 2.45. The number of methoxy groups -OCH3 is 1. The number of piperazine rings is 1. The molecular weight excluding hydrogens is 309 g/mol. The van der Waals surface area contributed by atoms with Crippen LogP contribution in [0.1, 0.15) is 23.6 Å². The van der Waals surface area contributed by atoms with Crippen molar-refractivity contribution in [2.45, 2.75) is 19.4 Å². The molecule has 1 aliphatic heterocycles. The number of nitrogens with one attached hydrogen (secondary N) is 1. The highest BCUT2D eigenvalue weighted by molar-refractivity contribution is 5.85. The van der Waals surface area contributed by atoms with Crippen LogP contribution in [0.5, 0.6) is 5.75 Å². The molecule has 0 spiro atoms. The van der Waals surface area contributed by atoms with Crippen molar-refractivity contribution in [3.63, 3.8) is 0 Å². The summed E-state index contributed by atoms with van der Waals surface area (Å²) in [5.74, 6) is 0.903. The van der Waals surface area contributed by atoms with Gasteiger partial charge in [0.05, 0.1) is 19.6 Å². The van der Waals surface area contributed by atoms with E-state index in [1.807, 2.05) is 13.0 Å². The van der Waals surface area contributed by atoms with Crippen molar-refractivity contribution in [2.75, 3.05) is 33.3 Å². The van der Waals surface area contributed by atoms with Gasteiger partial charge < -0.3 is 10.1 Å². The number of nitrogens with zero attached hydrogens (tertiary/aromatic N) is 2. The fourth-order valence-electron chi connectivity index (χ4n) is 2.65. The van der Waals surface area contributed by atoms with E-state index in [0.29, 0.717) is 6.42 Å². The van der Waals surface area contributed by atoms with E-state index >= 15 is 0 Å². The lowest BCUT2D eigenvalue weighted by Gasteiger charge is -2.34. The van der Waals surface area contributed by atoms with Crippen LogP contribution in [0.15, 0.2) is 18.2 Å². The van der Waals surface area contributed by atoms with Crippen LogP contribution in [-0.4, -0.2) is 38.2 Å². The lowest BCUT2D eigenvalue weighted by molar-refractivity contribution is 0.175. The SMILES string of the molecule is COc1ccc([C@@H](CC#N)N2CCNCC2)cc1C.Cl.Cl. The average molecular weight is 332 g/mol. The number of rotatable bonds is 4. The number of benzene rings is 1. The molecule has 0 aromatic heterocycles. The monoisotopic (exact) mass is 331 g/mol. The smallest absolute Gasteiger partial charge is 0.121 e. The summed E-state index contributed by atoms with van der Waals surface area (Å²) in [5, 5.41) is 12.4. The van der Waals surface area contributed by atoms with Gasteiger partial charge in [-0.15, -0.1) is 24.8 Å². The Balaban J connectivity index is 0.00000200. The van der Waals surface area contributed by atoms with Crippen molar-refractivity contribution in [1.82, 2.24) is 10.2 Å². The zero-order valence-corrected chi connectivity index (χ0v) is 14.1. The standard InChI is InChI=1S/C15H21N3O.2ClH/c1-12-11-13(3-4-15(12)19-2)14(5-6-16)18-9-7-17-8-10-18;;/h3-4,11,14,17H,5,7-10H2,1-2H3;2*1H/t14-;;/m1../s1. The van der Waals surface area contributed by atoms with Gasteiger partial charge in [0, 0.05) is 32.2 Å². The molecule has 1 heterocycles. The molecule has 0 saturated carbocycles. The van der Waals surface area contributed by atoms with Crippen LogP contribution in [0.4, 0.5) is 0 Å². The number of hydrogen-bond acceptors (Lipinski definition) is 4. The zero-order valence-electron chi connectivity index (χ0n) is 12.5. The Kier molecular flexibility index (Phi) is 9.39. The van der Waals surface area contributed by atoms with Gasteiger partial charge in [-0.25, -0.2) is 0 Å². The first kappa shape index (κ1) is 20.0. The Labute approximate surface area is 139 Å². The fraction of sp³-hybridized carbons (Fsp3) is 0.533. The lowest BCUT2D eigenvalue weighted by Crippen LogP contribution is -2.45. The Morgan fingerprint density at radius 3 is 2.52 bits per heavy atom. The molecule has 0 radical (unpaired) electrons. The molecule has 118 valence electrons. The second-order valence-electron chi connectivity index (χ2n) is 4.89. The Morgan fingerprint density at radius 1 is 1.33 bits per heavy atom. The third-order valence-corrected chi connectivity index (χ3v) is 3.68. The predicted octanol–water partition coefficient (Wildman–Crippen LogP) is 2.71. The summed E-state index contributed by atoms with van der Waals surface area (Å²) in [5.41, 5.74) is 2.33. The first-order valence-corrected chi connectivity index (χ1v) is 6.72. The molecule has 21 heavy (non-hydrogen) atoms. The largest absolute Gasteiger partial charge is 0.496 e. The quantitative estimate of drug-likeness (QED) is 0.921. The van der Waals surface area contributed by atoms with E-state index in [0.717, 1.165) is 37.5 Å². The number of nitriles is 1. The summed E-state index contributed by atoms with van der Waals surface area (Å²) in [7, 11) is 1.69. The first-order valence-electron chi connectivity index (χ1n) is 6.72. The Bertz CT molecular complexity index is 470. The maximum Gasteiger partial charge on any atom is 0.121 e. The maximum absolute atomic E-state index is 9.08. The minimum absolute atomic E-state index is 0. The van der Waals surface area contributed by atoms with Gasteiger partial charge in [0.15, 0.2) is 0 Å². The summed E-state index contributed by atoms with van der Waals surface area (Å²) in [6.07, 6.45) is 0.534. The van der Waals surface area contributed by atoms with E-state index in [1.165, 1.54) is 5.56 Å². The number of halogens is 2. The van der Waals surface area contributed by atoms with Crippen LogP contribution in [0.3, 0.4) is 0 Å². The summed E-state index contributed by atoms with van der Waals surface area (Å²) >= 11 is 0. The van der Waals surface area contributed by atoms with Crippen molar-refractivity contribution in [3.05, 3.63) is 29.3 Å². The summed E-state index contributed by atoms with van der Waals surface area (Å²) < 4.78 is 5.30. The minimum atomic E-state index is 0. The van der Waals surface area contributed by atoms with E-state index in [4.69, 9.17) is 10.00 Å². The van der Waals surface area contributed by atoms with Crippen molar-refractivity contribution in [3.8, 4) is 11.8 Å². The molecule has 6 heteroatoms. The fourth-order valence-corrected chi connectivity index (χ4v) is 2.65. The molecule has 1 N–H and O–H groups in total. The Hall–Kier alpha value is -0.990. The molecule has 1 fully saturated rings. The van der Waals surface area contributed by atoms with Gasteiger partial charge in [-0.2, -0.15) is 5.26 Å². The summed E-state index contributed by atoms with van der Waals surface area (Å²) in [4.78, 5) is 2.39. The van der Waals surface area contributed by atoms with Crippen LogP contribution in [0, 0.1) is 18.3 Å². The predicted molar refractivity (Wildman–Crippen MR) is 89.6 cm³/mol. The molecule has 1 atom stereocenters. The van der Waals surface area contributed by atoms with Gasteiger partial charge in [-0.1, -0.05) is 12.1 Å². The topological polar surface area (TPSA) is 48.3 Å². The van der Waals surface area contributed by atoms with Gasteiger partial charge in [0.1, 0.15) is 5.75 Å². The molecule has 1 aliphatic rings. The van der Waals surface area contributed by atoms with Crippen LogP contribution >= 0.6 is 24.8 Å². The molecule has 1 saturated heterocycles. The second-order valence-corrected chi connectivity index (χ2v) is 4.89. The van der Waals surface area contributed by atoms with Gasteiger partial charge in [-0.05, 0) is 24.1 Å². The highest BCUT2D eigenvalue weighted by Crippen LogP contribution is 2.28. The van der Waals surface area contributed by atoms with Gasteiger partial charge in [0.2, 0.25) is 0 Å². The van der Waals surface area contributed by atoms with E-state index in [-0.39, 0.29) is 30.9 Å². The maximum atomic E-state index is 9.08. The Morgan fingerprint density at radius 2 is 2.00 bits per heavy atom. The number of ether oxygens (including phenoxy) is 1. The minimum Gasteiger partial charge on any atom is -0.496 e. The number of hydrogen-bond donors (Lipinski definition) is 1. The number of aryl methyl sites for hydroxylation is 1. The molecule has 4 nitrogen and oxygen atoms in total. The van der Waals surface area contributed by atoms with Crippen LogP contribution in [0.2, 0.25) is 0 Å². The van der Waals surface area contributed by atoms with Gasteiger partial charge in [0.25, 0.3) is 0 Å². The van der Waals surface area contributed by atoms with Crippen molar-refractivity contribution in [1.29, 1.82) is 5.26 Å². The normalized spacial score (nSPS) is 16.0. The summed E-state index contributed by atoms with van der Waals surface area (Å²) in [6.45, 7) is 6.03. The third kappa shape index (κ3) is 5.05. The third-order valence-electron chi connectivity index (χ3n) is 3.68. The van der Waals surface area contributed by atoms with Crippen LogP contribution in [-0.2, 0) is 0 Å². The molecule has 0 bridgehead atoms. The van der Waals surface area contributed by atoms with Gasteiger partial charge >= 0.3 is 0 Å². The molecule has 2 rings (SSSR count). The van der Waals surface area contributed by atoms with E-state index in [1.54, 1.807) is 7.11 Å². The first-order chi connectivity index (χ1) is 9.26. The van der Waals surface area contributed by atoms with Crippen molar-refractivity contribution < 1.29 is 4.74 Å². The van der Waals surface area contributed by atoms with Crippen molar-refractivity contribution >= 4 is 24.8 Å². The van der Waals surface area contributed by atoms with Crippen LogP contribution < -0.4 is 10.1 Å². The second kappa shape index (κ2) is 9.86. The zero-order chi connectivity index (χ0) is 13.7. The highest BCUT2D eigenvalue weighted by atomic mass is 35.5. The van der Waals surface area contributed by atoms with Crippen molar-refractivity contribution in [2.24, 2.45) is 0 Å². The molecule has 0 aliphatic carbocycles. The molecule has 1 aromatic carbocycles. The van der Waals surface area contributed by atoms with E-state index in [2.05, 4.69) is 28.4 Å². The molecule has 1 aromatic rings. The highest BCUT2D eigenvalue weighted by Gasteiger charge is 2.22. The van der Waals surface area contributed by atoms with E-state index in [9.17, 15) is 0 Å². The molecular formula is C15H23Cl2N3O. The summed E-state index contributed by atoms with van der Waals surface area (Å²) in [6, 6.07) is 8.73. The molecule has 0 unspecified atom stereocenters. The van der Waals surface area contributed by atoms with Gasteiger partial charge in [-0.3, -0.25) is 4.90 Å². The van der Waals surface area contributed by atoms with E-state index < -0.39 is 0 Å². The lowest BCUT2D eigenvalue weighted by atomic mass is 9.99. The molecule has 0 amide bonds. The van der Waals surface area contributed by atoms with Crippen LogP contribution in [0.25, 0.3) is 0 Å².